The van der Waals surface area contributed by atoms with E-state index in [0.29, 0.717) is 16.9 Å². The summed E-state index contributed by atoms with van der Waals surface area (Å²) in [6.07, 6.45) is 3.36. The number of carbonyl (C=O) groups is 1. The molecule has 106 valence electrons. The molecule has 0 spiro atoms. The second-order valence-electron chi connectivity index (χ2n) is 4.39. The van der Waals surface area contributed by atoms with Crippen LogP contribution in [0.5, 0.6) is 0 Å². The van der Waals surface area contributed by atoms with Gasteiger partial charge in [-0.25, -0.2) is 4.98 Å². The first-order valence-electron chi connectivity index (χ1n) is 6.44. The first-order chi connectivity index (χ1) is 10.8. The smallest absolute Gasteiger partial charge is 0.275 e. The molecule has 1 N–H and O–H groups in total. The van der Waals surface area contributed by atoms with Crippen LogP contribution >= 0.6 is 11.3 Å². The van der Waals surface area contributed by atoms with E-state index in [0.717, 1.165) is 10.6 Å². The highest BCUT2D eigenvalue weighted by atomic mass is 32.1. The summed E-state index contributed by atoms with van der Waals surface area (Å²) in [6.45, 7) is 0. The fourth-order valence-corrected chi connectivity index (χ4v) is 2.69. The molecule has 0 atom stereocenters. The van der Waals surface area contributed by atoms with E-state index in [1.807, 2.05) is 18.2 Å². The Morgan fingerprint density at radius 3 is 2.73 bits per heavy atom. The van der Waals surface area contributed by atoms with Crippen molar-refractivity contribution in [1.82, 2.24) is 9.97 Å². The van der Waals surface area contributed by atoms with Crippen LogP contribution in [0.3, 0.4) is 0 Å². The molecule has 0 saturated heterocycles. The SMILES string of the molecule is N#Cc1ccccc1NC(=O)c1csc(-c2ccncc2)n1. The van der Waals surface area contributed by atoms with E-state index in [1.54, 1.807) is 42.0 Å². The van der Waals surface area contributed by atoms with Gasteiger partial charge >= 0.3 is 0 Å². The lowest BCUT2D eigenvalue weighted by molar-refractivity contribution is 0.102. The highest BCUT2D eigenvalue weighted by Gasteiger charge is 2.13. The van der Waals surface area contributed by atoms with Gasteiger partial charge in [0, 0.05) is 23.3 Å². The minimum atomic E-state index is -0.334. The standard InChI is InChI=1S/C16H10N4OS/c17-9-12-3-1-2-4-13(12)19-15(21)14-10-22-16(20-14)11-5-7-18-8-6-11/h1-8,10H,(H,19,21). The van der Waals surface area contributed by atoms with E-state index in [9.17, 15) is 4.79 Å². The van der Waals surface area contributed by atoms with Gasteiger partial charge in [0.15, 0.2) is 0 Å². The lowest BCUT2D eigenvalue weighted by Gasteiger charge is -2.04. The lowest BCUT2D eigenvalue weighted by atomic mass is 10.2. The van der Waals surface area contributed by atoms with Crippen LogP contribution in [0.25, 0.3) is 10.6 Å². The van der Waals surface area contributed by atoms with Gasteiger partial charge in [-0.3, -0.25) is 9.78 Å². The average Bonchev–Trinajstić information content (AvgIpc) is 3.06. The van der Waals surface area contributed by atoms with Crippen LogP contribution in [0.15, 0.2) is 54.2 Å². The molecule has 22 heavy (non-hydrogen) atoms. The number of benzene rings is 1. The summed E-state index contributed by atoms with van der Waals surface area (Å²) < 4.78 is 0. The van der Waals surface area contributed by atoms with Crippen LogP contribution in [-0.2, 0) is 0 Å². The molecule has 3 rings (SSSR count). The van der Waals surface area contributed by atoms with Crippen LogP contribution in [0.2, 0.25) is 0 Å². The first-order valence-corrected chi connectivity index (χ1v) is 7.32. The normalized spacial score (nSPS) is 9.95. The van der Waals surface area contributed by atoms with E-state index < -0.39 is 0 Å². The minimum absolute atomic E-state index is 0.324. The third kappa shape index (κ3) is 2.85. The molecule has 2 aromatic heterocycles. The number of carbonyl (C=O) groups excluding carboxylic acids is 1. The van der Waals surface area contributed by atoms with Gasteiger partial charge in [-0.1, -0.05) is 12.1 Å². The Kier molecular flexibility index (Phi) is 3.90. The number of nitriles is 1. The maximum Gasteiger partial charge on any atom is 0.275 e. The van der Waals surface area contributed by atoms with Crippen molar-refractivity contribution in [2.24, 2.45) is 0 Å². The predicted octanol–water partition coefficient (Wildman–Crippen LogP) is 3.33. The fraction of sp³-hybridized carbons (Fsp3) is 0. The molecule has 6 heteroatoms. The molecule has 5 nitrogen and oxygen atoms in total. The van der Waals surface area contributed by atoms with Crippen molar-refractivity contribution in [2.45, 2.75) is 0 Å². The maximum absolute atomic E-state index is 12.2. The van der Waals surface area contributed by atoms with Crippen molar-refractivity contribution in [3.8, 4) is 16.6 Å². The summed E-state index contributed by atoms with van der Waals surface area (Å²) in [7, 11) is 0. The zero-order valence-electron chi connectivity index (χ0n) is 11.4. The highest BCUT2D eigenvalue weighted by molar-refractivity contribution is 7.13. The van der Waals surface area contributed by atoms with Gasteiger partial charge in [-0.2, -0.15) is 5.26 Å². The van der Waals surface area contributed by atoms with Crippen molar-refractivity contribution in [2.75, 3.05) is 5.32 Å². The van der Waals surface area contributed by atoms with Crippen LogP contribution in [-0.4, -0.2) is 15.9 Å². The molecule has 3 aromatic rings. The predicted molar refractivity (Wildman–Crippen MR) is 84.5 cm³/mol. The van der Waals surface area contributed by atoms with Crippen molar-refractivity contribution >= 4 is 22.9 Å². The second kappa shape index (κ2) is 6.16. The highest BCUT2D eigenvalue weighted by Crippen LogP contribution is 2.23. The molecule has 0 aliphatic rings. The zero-order chi connectivity index (χ0) is 15.4. The Morgan fingerprint density at radius 2 is 1.95 bits per heavy atom. The molecule has 0 radical (unpaired) electrons. The van der Waals surface area contributed by atoms with Crippen molar-refractivity contribution in [1.29, 1.82) is 5.26 Å². The summed E-state index contributed by atoms with van der Waals surface area (Å²) in [4.78, 5) is 20.5. The molecule has 1 aromatic carbocycles. The van der Waals surface area contributed by atoms with Gasteiger partial charge in [0.2, 0.25) is 0 Å². The number of hydrogen-bond acceptors (Lipinski definition) is 5. The number of pyridine rings is 1. The molecule has 0 fully saturated rings. The van der Waals surface area contributed by atoms with E-state index in [4.69, 9.17) is 5.26 Å². The number of anilines is 1. The largest absolute Gasteiger partial charge is 0.319 e. The van der Waals surface area contributed by atoms with E-state index >= 15 is 0 Å². The maximum atomic E-state index is 12.2. The topological polar surface area (TPSA) is 78.7 Å². The fourth-order valence-electron chi connectivity index (χ4n) is 1.88. The molecule has 2 heterocycles. The molecule has 0 saturated carbocycles. The Labute approximate surface area is 130 Å². The Morgan fingerprint density at radius 1 is 1.18 bits per heavy atom. The average molecular weight is 306 g/mol. The zero-order valence-corrected chi connectivity index (χ0v) is 12.2. The summed E-state index contributed by atoms with van der Waals surface area (Å²) in [5.74, 6) is -0.334. The van der Waals surface area contributed by atoms with Crippen LogP contribution in [0.1, 0.15) is 16.1 Å². The van der Waals surface area contributed by atoms with Gasteiger partial charge in [-0.05, 0) is 24.3 Å². The van der Waals surface area contributed by atoms with Gasteiger partial charge in [0.05, 0.1) is 11.3 Å². The van der Waals surface area contributed by atoms with E-state index in [1.165, 1.54) is 11.3 Å². The molecule has 0 unspecified atom stereocenters. The van der Waals surface area contributed by atoms with E-state index in [-0.39, 0.29) is 5.91 Å². The van der Waals surface area contributed by atoms with Crippen LogP contribution in [0, 0.1) is 11.3 Å². The number of hydrogen-bond donors (Lipinski definition) is 1. The number of thiazole rings is 1. The van der Waals surface area contributed by atoms with Gasteiger partial charge in [0.1, 0.15) is 16.8 Å². The molecular weight excluding hydrogens is 296 g/mol. The Bertz CT molecular complexity index is 852. The first kappa shape index (κ1) is 13.9. The molecule has 0 bridgehead atoms. The molecule has 0 aliphatic heterocycles. The number of rotatable bonds is 3. The number of nitrogens with one attached hydrogen (secondary N) is 1. The molecular formula is C16H10N4OS. The van der Waals surface area contributed by atoms with Gasteiger partial charge < -0.3 is 5.32 Å². The van der Waals surface area contributed by atoms with E-state index in [2.05, 4.69) is 15.3 Å². The van der Waals surface area contributed by atoms with Crippen molar-refractivity contribution in [3.05, 3.63) is 65.4 Å². The number of nitrogens with zero attached hydrogens (tertiary/aromatic N) is 3. The third-order valence-electron chi connectivity index (χ3n) is 2.96. The summed E-state index contributed by atoms with van der Waals surface area (Å²) in [5.41, 5.74) is 2.13. The number of amides is 1. The van der Waals surface area contributed by atoms with Crippen molar-refractivity contribution < 1.29 is 4.79 Å². The summed E-state index contributed by atoms with van der Waals surface area (Å²) in [6, 6.07) is 12.6. The monoisotopic (exact) mass is 306 g/mol. The third-order valence-corrected chi connectivity index (χ3v) is 3.85. The number of aromatic nitrogens is 2. The summed E-state index contributed by atoms with van der Waals surface area (Å²) in [5, 5.41) is 14.2. The quantitative estimate of drug-likeness (QED) is 0.805. The van der Waals surface area contributed by atoms with Crippen LogP contribution < -0.4 is 5.32 Å². The Hall–Kier alpha value is -3.04. The molecule has 1 amide bonds. The lowest BCUT2D eigenvalue weighted by Crippen LogP contribution is -2.13. The second-order valence-corrected chi connectivity index (χ2v) is 5.24. The van der Waals surface area contributed by atoms with Crippen molar-refractivity contribution in [3.63, 3.8) is 0 Å². The molecule has 0 aliphatic carbocycles. The Balaban J connectivity index is 1.82. The summed E-state index contributed by atoms with van der Waals surface area (Å²) >= 11 is 1.39. The number of para-hydroxylation sites is 1. The minimum Gasteiger partial charge on any atom is -0.319 e. The van der Waals surface area contributed by atoms with Gasteiger partial charge in [-0.15, -0.1) is 11.3 Å². The van der Waals surface area contributed by atoms with Crippen LogP contribution in [0.4, 0.5) is 5.69 Å². The van der Waals surface area contributed by atoms with Gasteiger partial charge in [0.25, 0.3) is 5.91 Å².